The van der Waals surface area contributed by atoms with Crippen LogP contribution in [0.1, 0.15) is 10.6 Å². The Kier molecular flexibility index (Phi) is 7.64. The van der Waals surface area contributed by atoms with E-state index >= 15 is 0 Å². The van der Waals surface area contributed by atoms with Gasteiger partial charge in [-0.05, 0) is 23.8 Å². The number of anilines is 1. The van der Waals surface area contributed by atoms with E-state index in [9.17, 15) is 20.2 Å². The van der Waals surface area contributed by atoms with Crippen molar-refractivity contribution in [2.24, 2.45) is 0 Å². The lowest BCUT2D eigenvalue weighted by Gasteiger charge is -2.11. The Hall–Kier alpha value is -4.60. The van der Waals surface area contributed by atoms with E-state index in [1.807, 2.05) is 0 Å². The van der Waals surface area contributed by atoms with Gasteiger partial charge in [-0.1, -0.05) is 18.2 Å². The van der Waals surface area contributed by atoms with Crippen LogP contribution in [0.15, 0.2) is 59.4 Å². The van der Waals surface area contributed by atoms with Crippen LogP contribution in [0.5, 0.6) is 11.5 Å². The molecule has 2 heterocycles. The van der Waals surface area contributed by atoms with Crippen molar-refractivity contribution in [3.05, 3.63) is 80.1 Å². The van der Waals surface area contributed by atoms with Crippen molar-refractivity contribution >= 4 is 51.0 Å². The molecule has 180 valence electrons. The van der Waals surface area contributed by atoms with Crippen molar-refractivity contribution in [2.75, 3.05) is 19.0 Å². The quantitative estimate of drug-likeness (QED) is 0.179. The predicted octanol–water partition coefficient (Wildman–Crippen LogP) is 5.27. The SMILES string of the molecule is COc1cc(/C=C(\C#N)c2nc(-c3cccc([N+](=O)[O-])c3)cs2)ccc1OCC(=O)Nc1nccs1. The number of non-ortho nitro benzene ring substituents is 1. The van der Waals surface area contributed by atoms with E-state index in [0.717, 1.165) is 0 Å². The number of nitro groups is 1. The van der Waals surface area contributed by atoms with E-state index in [0.29, 0.717) is 44.0 Å². The van der Waals surface area contributed by atoms with Crippen molar-refractivity contribution in [1.82, 2.24) is 9.97 Å². The first-order valence-electron chi connectivity index (χ1n) is 10.3. The van der Waals surface area contributed by atoms with E-state index in [4.69, 9.17) is 9.47 Å². The number of ether oxygens (including phenoxy) is 2. The fraction of sp³-hybridized carbons (Fsp3) is 0.0833. The van der Waals surface area contributed by atoms with Gasteiger partial charge in [0.25, 0.3) is 11.6 Å². The fourth-order valence-electron chi connectivity index (χ4n) is 3.09. The molecule has 12 heteroatoms. The molecule has 0 bridgehead atoms. The number of carbonyl (C=O) groups is 1. The summed E-state index contributed by atoms with van der Waals surface area (Å²) in [6, 6.07) is 13.4. The number of nitriles is 1. The van der Waals surface area contributed by atoms with Crippen molar-refractivity contribution in [3.8, 4) is 28.8 Å². The number of nitrogens with one attached hydrogen (secondary N) is 1. The van der Waals surface area contributed by atoms with E-state index in [2.05, 4.69) is 21.4 Å². The maximum absolute atomic E-state index is 12.1. The molecule has 10 nitrogen and oxygen atoms in total. The lowest BCUT2D eigenvalue weighted by atomic mass is 10.1. The molecule has 0 unspecified atom stereocenters. The summed E-state index contributed by atoms with van der Waals surface area (Å²) in [5.41, 5.74) is 2.07. The third-order valence-electron chi connectivity index (χ3n) is 4.74. The summed E-state index contributed by atoms with van der Waals surface area (Å²) in [5.74, 6) is 0.398. The molecule has 0 aliphatic rings. The molecule has 0 aliphatic heterocycles. The molecule has 0 saturated heterocycles. The number of aromatic nitrogens is 2. The minimum Gasteiger partial charge on any atom is -0.493 e. The molecule has 1 amide bonds. The molecule has 1 N–H and O–H groups in total. The average molecular weight is 520 g/mol. The van der Waals surface area contributed by atoms with Crippen molar-refractivity contribution < 1.29 is 19.2 Å². The molecule has 4 aromatic rings. The number of hydrogen-bond donors (Lipinski definition) is 1. The Morgan fingerprint density at radius 1 is 1.25 bits per heavy atom. The maximum Gasteiger partial charge on any atom is 0.270 e. The van der Waals surface area contributed by atoms with Crippen molar-refractivity contribution in [1.29, 1.82) is 5.26 Å². The Balaban J connectivity index is 1.50. The van der Waals surface area contributed by atoms with Gasteiger partial charge in [0.15, 0.2) is 23.2 Å². The van der Waals surface area contributed by atoms with E-state index < -0.39 is 4.92 Å². The van der Waals surface area contributed by atoms with Crippen LogP contribution in [0.25, 0.3) is 22.9 Å². The maximum atomic E-state index is 12.1. The van der Waals surface area contributed by atoms with Gasteiger partial charge in [0.2, 0.25) is 0 Å². The lowest BCUT2D eigenvalue weighted by molar-refractivity contribution is -0.384. The number of thiazole rings is 2. The highest BCUT2D eigenvalue weighted by Gasteiger charge is 2.14. The largest absolute Gasteiger partial charge is 0.493 e. The van der Waals surface area contributed by atoms with Gasteiger partial charge >= 0.3 is 0 Å². The van der Waals surface area contributed by atoms with Gasteiger partial charge in [-0.25, -0.2) is 9.97 Å². The fourth-order valence-corrected chi connectivity index (χ4v) is 4.43. The van der Waals surface area contributed by atoms with Crippen LogP contribution in [0.3, 0.4) is 0 Å². The third-order valence-corrected chi connectivity index (χ3v) is 6.31. The number of nitro benzene ring substituents is 1. The van der Waals surface area contributed by atoms with E-state index in [-0.39, 0.29) is 18.2 Å². The van der Waals surface area contributed by atoms with Crippen molar-refractivity contribution in [2.45, 2.75) is 0 Å². The summed E-state index contributed by atoms with van der Waals surface area (Å²) in [6.45, 7) is -0.228. The number of allylic oxidation sites excluding steroid dienone is 1. The summed E-state index contributed by atoms with van der Waals surface area (Å²) < 4.78 is 11.0. The summed E-state index contributed by atoms with van der Waals surface area (Å²) in [6.07, 6.45) is 3.24. The van der Waals surface area contributed by atoms with Gasteiger partial charge < -0.3 is 9.47 Å². The van der Waals surface area contributed by atoms with Gasteiger partial charge in [0.05, 0.1) is 23.3 Å². The van der Waals surface area contributed by atoms with Crippen LogP contribution in [0, 0.1) is 21.4 Å². The van der Waals surface area contributed by atoms with Crippen LogP contribution in [-0.4, -0.2) is 34.5 Å². The minimum atomic E-state index is -0.467. The van der Waals surface area contributed by atoms with Crippen LogP contribution in [0.2, 0.25) is 0 Å². The Bertz CT molecular complexity index is 1470. The van der Waals surface area contributed by atoms with E-state index in [1.54, 1.807) is 53.4 Å². The normalized spacial score (nSPS) is 10.9. The number of carbonyl (C=O) groups excluding carboxylic acids is 1. The molecular formula is C24H17N5O5S2. The zero-order valence-electron chi connectivity index (χ0n) is 18.7. The number of nitrogens with zero attached hydrogens (tertiary/aromatic N) is 4. The van der Waals surface area contributed by atoms with Crippen LogP contribution >= 0.6 is 22.7 Å². The lowest BCUT2D eigenvalue weighted by Crippen LogP contribution is -2.20. The van der Waals surface area contributed by atoms with Gasteiger partial charge in [-0.3, -0.25) is 20.2 Å². The molecule has 0 radical (unpaired) electrons. The third kappa shape index (κ3) is 5.90. The first kappa shape index (κ1) is 24.5. The zero-order valence-corrected chi connectivity index (χ0v) is 20.3. The second-order valence-corrected chi connectivity index (χ2v) is 8.85. The highest BCUT2D eigenvalue weighted by atomic mass is 32.1. The summed E-state index contributed by atoms with van der Waals surface area (Å²) in [4.78, 5) is 31.1. The average Bonchev–Trinajstić information content (AvgIpc) is 3.59. The molecule has 0 saturated carbocycles. The Morgan fingerprint density at radius 2 is 2.11 bits per heavy atom. The summed E-state index contributed by atoms with van der Waals surface area (Å²) in [7, 11) is 1.47. The van der Waals surface area contributed by atoms with Crippen LogP contribution < -0.4 is 14.8 Å². The Labute approximate surface area is 213 Å². The number of methoxy groups -OCH3 is 1. The van der Waals surface area contributed by atoms with Gasteiger partial charge in [0, 0.05) is 34.7 Å². The van der Waals surface area contributed by atoms with Crippen molar-refractivity contribution in [3.63, 3.8) is 0 Å². The zero-order chi connectivity index (χ0) is 25.5. The molecule has 0 aliphatic carbocycles. The molecule has 2 aromatic heterocycles. The highest BCUT2D eigenvalue weighted by molar-refractivity contribution is 7.13. The first-order valence-corrected chi connectivity index (χ1v) is 12.1. The molecule has 4 rings (SSSR count). The first-order chi connectivity index (χ1) is 17.5. The molecular weight excluding hydrogens is 502 g/mol. The minimum absolute atomic E-state index is 0.0341. The van der Waals surface area contributed by atoms with Gasteiger partial charge in [-0.15, -0.1) is 22.7 Å². The Morgan fingerprint density at radius 3 is 2.83 bits per heavy atom. The monoisotopic (exact) mass is 519 g/mol. The van der Waals surface area contributed by atoms with Crippen LogP contribution in [0.4, 0.5) is 10.8 Å². The number of amides is 1. The number of hydrogen-bond acceptors (Lipinski definition) is 10. The molecule has 0 spiro atoms. The summed E-state index contributed by atoms with van der Waals surface area (Å²) >= 11 is 2.56. The predicted molar refractivity (Wildman–Crippen MR) is 137 cm³/mol. The molecule has 2 aromatic carbocycles. The second-order valence-electron chi connectivity index (χ2n) is 7.10. The topological polar surface area (TPSA) is 140 Å². The highest BCUT2D eigenvalue weighted by Crippen LogP contribution is 2.32. The van der Waals surface area contributed by atoms with Gasteiger partial charge in [0.1, 0.15) is 11.1 Å². The van der Waals surface area contributed by atoms with E-state index in [1.165, 1.54) is 41.9 Å². The molecule has 0 atom stereocenters. The van der Waals surface area contributed by atoms with Crippen LogP contribution in [-0.2, 0) is 4.79 Å². The summed E-state index contributed by atoms with van der Waals surface area (Å²) in [5, 5.41) is 27.9. The number of benzene rings is 2. The van der Waals surface area contributed by atoms with Gasteiger partial charge in [-0.2, -0.15) is 5.26 Å². The smallest absolute Gasteiger partial charge is 0.270 e. The standard InChI is InChI=1S/C24H17N5O5S2/c1-33-21-10-15(5-6-20(21)34-13-22(30)28-24-26-7-8-35-24)9-17(12-25)23-27-19(14-36-23)16-3-2-4-18(11-16)29(31)32/h2-11,14H,13H2,1H3,(H,26,28,30)/b17-9+. The number of rotatable bonds is 9. The second kappa shape index (κ2) is 11.2. The molecule has 0 fully saturated rings. The molecule has 36 heavy (non-hydrogen) atoms.